The SMILES string of the molecule is O=C(CNCc1ccccc1F)Nc1cccc(C(F)(F)F)c1. The zero-order valence-corrected chi connectivity index (χ0v) is 12.0. The topological polar surface area (TPSA) is 41.1 Å². The molecule has 0 bridgehead atoms. The number of rotatable bonds is 5. The summed E-state index contributed by atoms with van der Waals surface area (Å²) in [6, 6.07) is 10.5. The first-order chi connectivity index (χ1) is 10.9. The fourth-order valence-electron chi connectivity index (χ4n) is 1.93. The van der Waals surface area contributed by atoms with Crippen molar-refractivity contribution < 1.29 is 22.4 Å². The van der Waals surface area contributed by atoms with Crippen LogP contribution in [0.2, 0.25) is 0 Å². The Balaban J connectivity index is 1.87. The highest BCUT2D eigenvalue weighted by molar-refractivity contribution is 5.92. The minimum Gasteiger partial charge on any atom is -0.325 e. The molecule has 2 N–H and O–H groups in total. The summed E-state index contributed by atoms with van der Waals surface area (Å²) in [7, 11) is 0. The van der Waals surface area contributed by atoms with E-state index in [1.165, 1.54) is 18.2 Å². The second-order valence-corrected chi connectivity index (χ2v) is 4.82. The Morgan fingerprint density at radius 2 is 1.78 bits per heavy atom. The van der Waals surface area contributed by atoms with E-state index in [2.05, 4.69) is 10.6 Å². The molecule has 0 fully saturated rings. The van der Waals surface area contributed by atoms with E-state index in [4.69, 9.17) is 0 Å². The summed E-state index contributed by atoms with van der Waals surface area (Å²) >= 11 is 0. The van der Waals surface area contributed by atoms with E-state index in [-0.39, 0.29) is 18.8 Å². The van der Waals surface area contributed by atoms with Crippen molar-refractivity contribution in [1.82, 2.24) is 5.32 Å². The molecule has 0 radical (unpaired) electrons. The second kappa shape index (κ2) is 7.23. The van der Waals surface area contributed by atoms with Gasteiger partial charge in [0.15, 0.2) is 0 Å². The molecule has 1 amide bonds. The van der Waals surface area contributed by atoms with Crippen molar-refractivity contribution in [1.29, 1.82) is 0 Å². The van der Waals surface area contributed by atoms with E-state index in [9.17, 15) is 22.4 Å². The van der Waals surface area contributed by atoms with Crippen LogP contribution >= 0.6 is 0 Å². The predicted molar refractivity (Wildman–Crippen MR) is 78.2 cm³/mol. The average Bonchev–Trinajstić information content (AvgIpc) is 2.48. The molecule has 0 spiro atoms. The van der Waals surface area contributed by atoms with Crippen LogP contribution in [0.15, 0.2) is 48.5 Å². The third-order valence-electron chi connectivity index (χ3n) is 3.03. The number of amides is 1. The standard InChI is InChI=1S/C16H14F4N2O/c17-14-7-2-1-4-11(14)9-21-10-15(23)22-13-6-3-5-12(8-13)16(18,19)20/h1-8,21H,9-10H2,(H,22,23). The Morgan fingerprint density at radius 3 is 2.48 bits per heavy atom. The molecule has 23 heavy (non-hydrogen) atoms. The van der Waals surface area contributed by atoms with Gasteiger partial charge in [0.1, 0.15) is 5.82 Å². The second-order valence-electron chi connectivity index (χ2n) is 4.82. The quantitative estimate of drug-likeness (QED) is 0.825. The number of alkyl halides is 3. The number of hydrogen-bond acceptors (Lipinski definition) is 2. The highest BCUT2D eigenvalue weighted by Gasteiger charge is 2.30. The maximum absolute atomic E-state index is 13.4. The van der Waals surface area contributed by atoms with Gasteiger partial charge in [-0.25, -0.2) is 4.39 Å². The molecule has 0 saturated carbocycles. The molecule has 0 aliphatic heterocycles. The summed E-state index contributed by atoms with van der Waals surface area (Å²) in [6.07, 6.45) is -4.47. The van der Waals surface area contributed by atoms with Crippen molar-refractivity contribution in [2.45, 2.75) is 12.7 Å². The Morgan fingerprint density at radius 1 is 1.04 bits per heavy atom. The molecule has 0 heterocycles. The summed E-state index contributed by atoms with van der Waals surface area (Å²) in [4.78, 5) is 11.7. The molecular formula is C16H14F4N2O. The third-order valence-corrected chi connectivity index (χ3v) is 3.03. The minimum atomic E-state index is -4.47. The largest absolute Gasteiger partial charge is 0.416 e. The molecule has 0 saturated heterocycles. The van der Waals surface area contributed by atoms with Crippen LogP contribution < -0.4 is 10.6 Å². The van der Waals surface area contributed by atoms with Gasteiger partial charge >= 0.3 is 6.18 Å². The van der Waals surface area contributed by atoms with Crippen LogP contribution in [0, 0.1) is 5.82 Å². The van der Waals surface area contributed by atoms with E-state index >= 15 is 0 Å². The molecule has 122 valence electrons. The lowest BCUT2D eigenvalue weighted by Gasteiger charge is -2.10. The number of carbonyl (C=O) groups is 1. The van der Waals surface area contributed by atoms with Crippen molar-refractivity contribution in [3.8, 4) is 0 Å². The van der Waals surface area contributed by atoms with Crippen molar-refractivity contribution in [2.75, 3.05) is 11.9 Å². The summed E-state index contributed by atoms with van der Waals surface area (Å²) in [5.74, 6) is -0.904. The smallest absolute Gasteiger partial charge is 0.325 e. The van der Waals surface area contributed by atoms with E-state index < -0.39 is 23.5 Å². The third kappa shape index (κ3) is 5.07. The van der Waals surface area contributed by atoms with Gasteiger partial charge < -0.3 is 10.6 Å². The Kier molecular flexibility index (Phi) is 5.33. The van der Waals surface area contributed by atoms with Gasteiger partial charge in [0.25, 0.3) is 0 Å². The van der Waals surface area contributed by atoms with E-state index in [1.54, 1.807) is 18.2 Å². The number of nitrogens with one attached hydrogen (secondary N) is 2. The van der Waals surface area contributed by atoms with Gasteiger partial charge in [0.05, 0.1) is 12.1 Å². The maximum atomic E-state index is 13.4. The zero-order chi connectivity index (χ0) is 16.9. The lowest BCUT2D eigenvalue weighted by atomic mass is 10.2. The monoisotopic (exact) mass is 326 g/mol. The average molecular weight is 326 g/mol. The number of benzene rings is 2. The Bertz CT molecular complexity index is 686. The number of hydrogen-bond donors (Lipinski definition) is 2. The number of halogens is 4. The molecule has 0 aromatic heterocycles. The summed E-state index contributed by atoms with van der Waals surface area (Å²) in [6.45, 7) is -0.00668. The first-order valence-corrected chi connectivity index (χ1v) is 6.77. The first-order valence-electron chi connectivity index (χ1n) is 6.77. The highest BCUT2D eigenvalue weighted by Crippen LogP contribution is 2.30. The van der Waals surface area contributed by atoms with Crippen molar-refractivity contribution in [2.24, 2.45) is 0 Å². The normalized spacial score (nSPS) is 11.3. The van der Waals surface area contributed by atoms with Gasteiger partial charge in [-0.15, -0.1) is 0 Å². The van der Waals surface area contributed by atoms with Crippen molar-refractivity contribution in [3.63, 3.8) is 0 Å². The molecule has 3 nitrogen and oxygen atoms in total. The van der Waals surface area contributed by atoms with Gasteiger partial charge in [-0.05, 0) is 24.3 Å². The maximum Gasteiger partial charge on any atom is 0.416 e. The highest BCUT2D eigenvalue weighted by atomic mass is 19.4. The van der Waals surface area contributed by atoms with Crippen LogP contribution in [0.3, 0.4) is 0 Å². The molecule has 0 aliphatic rings. The molecule has 0 atom stereocenters. The lowest BCUT2D eigenvalue weighted by molar-refractivity contribution is -0.137. The van der Waals surface area contributed by atoms with Crippen LogP contribution in [0.1, 0.15) is 11.1 Å². The first kappa shape index (κ1) is 17.0. The molecule has 7 heteroatoms. The fraction of sp³-hybridized carbons (Fsp3) is 0.188. The van der Waals surface area contributed by atoms with Crippen molar-refractivity contribution in [3.05, 3.63) is 65.5 Å². The van der Waals surface area contributed by atoms with Gasteiger partial charge in [-0.3, -0.25) is 4.79 Å². The van der Waals surface area contributed by atoms with E-state index in [0.717, 1.165) is 12.1 Å². The summed E-state index contributed by atoms with van der Waals surface area (Å²) in [5.41, 5.74) is -0.383. The summed E-state index contributed by atoms with van der Waals surface area (Å²) < 4.78 is 51.1. The lowest BCUT2D eigenvalue weighted by Crippen LogP contribution is -2.28. The van der Waals surface area contributed by atoms with E-state index in [1.807, 2.05) is 0 Å². The summed E-state index contributed by atoms with van der Waals surface area (Å²) in [5, 5.41) is 5.09. The van der Waals surface area contributed by atoms with Crippen LogP contribution in [-0.2, 0) is 17.5 Å². The van der Waals surface area contributed by atoms with Crippen LogP contribution in [0.5, 0.6) is 0 Å². The van der Waals surface area contributed by atoms with Gasteiger partial charge in [-0.2, -0.15) is 13.2 Å². The number of anilines is 1. The molecular weight excluding hydrogens is 312 g/mol. The number of carbonyl (C=O) groups excluding carboxylic acids is 1. The minimum absolute atomic E-state index is 0.0533. The van der Waals surface area contributed by atoms with Gasteiger partial charge in [0, 0.05) is 17.8 Å². The zero-order valence-electron chi connectivity index (χ0n) is 12.0. The van der Waals surface area contributed by atoms with Crippen LogP contribution in [0.25, 0.3) is 0 Å². The molecule has 2 rings (SSSR count). The van der Waals surface area contributed by atoms with Gasteiger partial charge in [0.2, 0.25) is 5.91 Å². The van der Waals surface area contributed by atoms with Crippen LogP contribution in [-0.4, -0.2) is 12.5 Å². The van der Waals surface area contributed by atoms with Crippen LogP contribution in [0.4, 0.5) is 23.2 Å². The predicted octanol–water partition coefficient (Wildman–Crippen LogP) is 3.57. The van der Waals surface area contributed by atoms with E-state index in [0.29, 0.717) is 5.56 Å². The fourth-order valence-corrected chi connectivity index (χ4v) is 1.93. The molecule has 0 aliphatic carbocycles. The molecule has 2 aromatic rings. The van der Waals surface area contributed by atoms with Gasteiger partial charge in [-0.1, -0.05) is 24.3 Å². The molecule has 0 unspecified atom stereocenters. The van der Waals surface area contributed by atoms with Crippen molar-refractivity contribution >= 4 is 11.6 Å². The Hall–Kier alpha value is -2.41. The Labute approximate surface area is 130 Å². The molecule has 2 aromatic carbocycles.